The van der Waals surface area contributed by atoms with Crippen LogP contribution in [0.25, 0.3) is 0 Å². The molecule has 0 bridgehead atoms. The monoisotopic (exact) mass is 348 g/mol. The van der Waals surface area contributed by atoms with Crippen molar-refractivity contribution in [1.29, 1.82) is 0 Å². The Kier molecular flexibility index (Phi) is 7.57. The van der Waals surface area contributed by atoms with E-state index in [0.717, 1.165) is 0 Å². The van der Waals surface area contributed by atoms with E-state index in [1.807, 2.05) is 27.7 Å². The largest absolute Gasteiger partial charge is 0.355 e. The second-order valence-electron chi connectivity index (χ2n) is 6.81. The summed E-state index contributed by atoms with van der Waals surface area (Å²) in [5.41, 5.74) is 0.827. The third kappa shape index (κ3) is 7.80. The first-order chi connectivity index (χ1) is 11.6. The van der Waals surface area contributed by atoms with Gasteiger partial charge >= 0.3 is 0 Å². The third-order valence-corrected chi connectivity index (χ3v) is 3.35. The van der Waals surface area contributed by atoms with E-state index in [1.165, 1.54) is 0 Å². The molecule has 0 saturated carbocycles. The highest BCUT2D eigenvalue weighted by molar-refractivity contribution is 5.96. The molecule has 0 unspecified atom stereocenters. The van der Waals surface area contributed by atoms with Crippen molar-refractivity contribution in [3.63, 3.8) is 0 Å². The predicted octanol–water partition coefficient (Wildman–Crippen LogP) is 1.22. The Morgan fingerprint density at radius 1 is 1.00 bits per heavy atom. The second kappa shape index (κ2) is 9.17. The van der Waals surface area contributed by atoms with Gasteiger partial charge in [-0.3, -0.25) is 19.3 Å². The normalized spacial score (nSPS) is 11.1. The molecule has 0 aliphatic rings. The number of hydrogen-bond acceptors (Lipinski definition) is 4. The minimum atomic E-state index is -0.300. The van der Waals surface area contributed by atoms with E-state index in [-0.39, 0.29) is 36.3 Å². The molecule has 0 aromatic heterocycles. The van der Waals surface area contributed by atoms with Crippen LogP contribution >= 0.6 is 0 Å². The summed E-state index contributed by atoms with van der Waals surface area (Å²) in [6, 6.07) is 6.63. The van der Waals surface area contributed by atoms with Crippen LogP contribution in [0.5, 0.6) is 0 Å². The van der Waals surface area contributed by atoms with Crippen LogP contribution in [-0.2, 0) is 9.59 Å². The quantitative estimate of drug-likeness (QED) is 0.691. The zero-order chi connectivity index (χ0) is 19.0. The van der Waals surface area contributed by atoms with Crippen molar-refractivity contribution in [3.05, 3.63) is 29.8 Å². The lowest BCUT2D eigenvalue weighted by Gasteiger charge is -2.24. The van der Waals surface area contributed by atoms with Gasteiger partial charge in [-0.1, -0.05) is 6.92 Å². The van der Waals surface area contributed by atoms with Crippen LogP contribution in [0.4, 0.5) is 5.69 Å². The number of amides is 3. The smallest absolute Gasteiger partial charge is 0.251 e. The summed E-state index contributed by atoms with van der Waals surface area (Å²) in [6.45, 7) is 8.50. The maximum Gasteiger partial charge on any atom is 0.251 e. The van der Waals surface area contributed by atoms with Crippen LogP contribution in [-0.4, -0.2) is 54.8 Å². The molecule has 0 fully saturated rings. The summed E-state index contributed by atoms with van der Waals surface area (Å²) < 4.78 is 0. The zero-order valence-corrected chi connectivity index (χ0v) is 15.6. The second-order valence-corrected chi connectivity index (χ2v) is 6.81. The molecule has 138 valence electrons. The Morgan fingerprint density at radius 2 is 1.56 bits per heavy atom. The van der Waals surface area contributed by atoms with Gasteiger partial charge in [0.1, 0.15) is 0 Å². The van der Waals surface area contributed by atoms with Gasteiger partial charge in [0.25, 0.3) is 5.91 Å². The molecular weight excluding hydrogens is 320 g/mol. The van der Waals surface area contributed by atoms with Gasteiger partial charge in [0.2, 0.25) is 11.8 Å². The van der Waals surface area contributed by atoms with Crippen LogP contribution in [0, 0.1) is 0 Å². The summed E-state index contributed by atoms with van der Waals surface area (Å²) in [6.07, 6.45) is 0. The lowest BCUT2D eigenvalue weighted by molar-refractivity contribution is -0.124. The Hall–Kier alpha value is -2.41. The van der Waals surface area contributed by atoms with Crippen LogP contribution in [0.3, 0.4) is 0 Å². The van der Waals surface area contributed by atoms with Gasteiger partial charge in [0.05, 0.1) is 13.1 Å². The number of benzene rings is 1. The fourth-order valence-corrected chi connectivity index (χ4v) is 2.19. The van der Waals surface area contributed by atoms with Gasteiger partial charge in [-0.2, -0.15) is 0 Å². The minimum absolute atomic E-state index is 0.114. The zero-order valence-electron chi connectivity index (χ0n) is 15.6. The van der Waals surface area contributed by atoms with Gasteiger partial charge in [-0.25, -0.2) is 0 Å². The van der Waals surface area contributed by atoms with Gasteiger partial charge in [-0.05, 0) is 51.6 Å². The van der Waals surface area contributed by atoms with E-state index in [1.54, 1.807) is 36.2 Å². The summed E-state index contributed by atoms with van der Waals surface area (Å²) in [5, 5.41) is 8.19. The number of carbonyl (C=O) groups is 3. The summed E-state index contributed by atoms with van der Waals surface area (Å²) in [4.78, 5) is 37.4. The predicted molar refractivity (Wildman–Crippen MR) is 98.5 cm³/mol. The number of likely N-dealkylation sites (N-methyl/N-ethyl adjacent to an activating group) is 1. The van der Waals surface area contributed by atoms with Crippen LogP contribution in [0.1, 0.15) is 38.1 Å². The number of nitrogens with zero attached hydrogens (tertiary/aromatic N) is 1. The lowest BCUT2D eigenvalue weighted by atomic mass is 10.1. The number of hydrogen-bond donors (Lipinski definition) is 3. The summed E-state index contributed by atoms with van der Waals surface area (Å²) >= 11 is 0. The van der Waals surface area contributed by atoms with Crippen molar-refractivity contribution in [2.75, 3.05) is 32.0 Å². The Labute approximate surface area is 149 Å². The minimum Gasteiger partial charge on any atom is -0.355 e. The molecule has 7 heteroatoms. The third-order valence-electron chi connectivity index (χ3n) is 3.35. The molecule has 0 aliphatic carbocycles. The molecule has 25 heavy (non-hydrogen) atoms. The number of rotatable bonds is 7. The van der Waals surface area contributed by atoms with Crippen molar-refractivity contribution < 1.29 is 14.4 Å². The van der Waals surface area contributed by atoms with E-state index in [4.69, 9.17) is 0 Å². The summed E-state index contributed by atoms with van der Waals surface area (Å²) in [5.74, 6) is -0.505. The Balaban J connectivity index is 2.56. The average molecular weight is 348 g/mol. The molecule has 1 aromatic carbocycles. The van der Waals surface area contributed by atoms with E-state index < -0.39 is 0 Å². The fraction of sp³-hybridized carbons (Fsp3) is 0.500. The van der Waals surface area contributed by atoms with Gasteiger partial charge in [-0.15, -0.1) is 0 Å². The van der Waals surface area contributed by atoms with Crippen LogP contribution in [0.2, 0.25) is 0 Å². The molecule has 7 nitrogen and oxygen atoms in total. The molecule has 0 heterocycles. The molecule has 1 rings (SSSR count). The number of nitrogens with one attached hydrogen (secondary N) is 3. The maximum atomic E-state index is 12.2. The SMILES string of the molecule is CCN(CC(=O)Nc1ccc(C(=O)NC)cc1)CC(=O)NC(C)(C)C. The highest BCUT2D eigenvalue weighted by Crippen LogP contribution is 2.09. The first-order valence-corrected chi connectivity index (χ1v) is 8.30. The van der Waals surface area contributed by atoms with E-state index in [2.05, 4.69) is 16.0 Å². The average Bonchev–Trinajstić information content (AvgIpc) is 2.52. The molecular formula is C18H28N4O3. The number of anilines is 1. The number of carbonyl (C=O) groups excluding carboxylic acids is 3. The van der Waals surface area contributed by atoms with Crippen molar-refractivity contribution >= 4 is 23.4 Å². The first-order valence-electron chi connectivity index (χ1n) is 8.30. The van der Waals surface area contributed by atoms with Crippen molar-refractivity contribution in [3.8, 4) is 0 Å². The first kappa shape index (κ1) is 20.6. The molecule has 0 spiro atoms. The van der Waals surface area contributed by atoms with Gasteiger partial charge < -0.3 is 16.0 Å². The highest BCUT2D eigenvalue weighted by atomic mass is 16.2. The molecule has 1 aromatic rings. The maximum absolute atomic E-state index is 12.2. The molecule has 0 aliphatic heterocycles. The topological polar surface area (TPSA) is 90.5 Å². The molecule has 0 atom stereocenters. The van der Waals surface area contributed by atoms with Crippen LogP contribution < -0.4 is 16.0 Å². The van der Waals surface area contributed by atoms with Crippen molar-refractivity contribution in [1.82, 2.24) is 15.5 Å². The van der Waals surface area contributed by atoms with Crippen LogP contribution in [0.15, 0.2) is 24.3 Å². The highest BCUT2D eigenvalue weighted by Gasteiger charge is 2.17. The standard InChI is InChI=1S/C18H28N4O3/c1-6-22(12-16(24)21-18(2,3)4)11-15(23)20-14-9-7-13(8-10-14)17(25)19-5/h7-10H,6,11-12H2,1-5H3,(H,19,25)(H,20,23)(H,21,24). The Bertz CT molecular complexity index is 606. The lowest BCUT2D eigenvalue weighted by Crippen LogP contribution is -2.47. The van der Waals surface area contributed by atoms with Gasteiger partial charge in [0, 0.05) is 23.8 Å². The van der Waals surface area contributed by atoms with E-state index in [9.17, 15) is 14.4 Å². The molecule has 3 amide bonds. The molecule has 0 radical (unpaired) electrons. The van der Waals surface area contributed by atoms with Crippen molar-refractivity contribution in [2.24, 2.45) is 0 Å². The van der Waals surface area contributed by atoms with E-state index >= 15 is 0 Å². The Morgan fingerprint density at radius 3 is 2.04 bits per heavy atom. The van der Waals surface area contributed by atoms with E-state index in [0.29, 0.717) is 17.8 Å². The molecule has 0 saturated heterocycles. The van der Waals surface area contributed by atoms with Crippen molar-refractivity contribution in [2.45, 2.75) is 33.2 Å². The van der Waals surface area contributed by atoms with Gasteiger partial charge in [0.15, 0.2) is 0 Å². The summed E-state index contributed by atoms with van der Waals surface area (Å²) in [7, 11) is 1.56. The molecule has 3 N–H and O–H groups in total. The fourth-order valence-electron chi connectivity index (χ4n) is 2.19.